The molecule has 1 atom stereocenters. The van der Waals surface area contributed by atoms with Gasteiger partial charge in [-0.1, -0.05) is 15.9 Å². The Morgan fingerprint density at radius 2 is 1.87 bits per heavy atom. The molecule has 1 N–H and O–H groups in total. The minimum absolute atomic E-state index is 0.0215. The summed E-state index contributed by atoms with van der Waals surface area (Å²) < 4.78 is 24.3. The maximum atomic E-state index is 11.7. The predicted molar refractivity (Wildman–Crippen MR) is 62.5 cm³/mol. The van der Waals surface area contributed by atoms with Crippen LogP contribution in [0.2, 0.25) is 0 Å². The van der Waals surface area contributed by atoms with Crippen LogP contribution in [0.3, 0.4) is 0 Å². The first kappa shape index (κ1) is 12.7. The van der Waals surface area contributed by atoms with E-state index in [0.717, 1.165) is 4.47 Å². The summed E-state index contributed by atoms with van der Waals surface area (Å²) in [4.78, 5) is 0.298. The molecule has 1 unspecified atom stereocenters. The summed E-state index contributed by atoms with van der Waals surface area (Å²) in [6, 6.07) is 6.49. The molecule has 5 heteroatoms. The predicted octanol–water partition coefficient (Wildman–Crippen LogP) is 1.99. The van der Waals surface area contributed by atoms with Crippen molar-refractivity contribution in [2.75, 3.05) is 5.75 Å². The van der Waals surface area contributed by atoms with E-state index < -0.39 is 15.9 Å². The zero-order valence-corrected chi connectivity index (χ0v) is 10.8. The molecule has 0 bridgehead atoms. The van der Waals surface area contributed by atoms with Crippen LogP contribution >= 0.6 is 15.9 Å². The van der Waals surface area contributed by atoms with Crippen LogP contribution in [0, 0.1) is 0 Å². The Bertz CT molecular complexity index is 409. The number of aliphatic hydroxyl groups excluding tert-OH is 1. The average Bonchev–Trinajstić information content (AvgIpc) is 2.16. The van der Waals surface area contributed by atoms with Crippen LogP contribution in [0.25, 0.3) is 0 Å². The second kappa shape index (κ2) is 5.09. The van der Waals surface area contributed by atoms with E-state index in [4.69, 9.17) is 5.11 Å². The molecule has 0 saturated heterocycles. The summed E-state index contributed by atoms with van der Waals surface area (Å²) in [7, 11) is -3.25. The number of hydrogen-bond donors (Lipinski definition) is 1. The summed E-state index contributed by atoms with van der Waals surface area (Å²) in [6.07, 6.45) is -0.325. The highest BCUT2D eigenvalue weighted by Crippen LogP contribution is 2.16. The first-order valence-corrected chi connectivity index (χ1v) is 7.03. The van der Waals surface area contributed by atoms with Crippen LogP contribution in [-0.2, 0) is 9.84 Å². The molecule has 1 rings (SSSR count). The molecular weight excluding hydrogens is 280 g/mol. The van der Waals surface area contributed by atoms with Crippen molar-refractivity contribution in [3.8, 4) is 0 Å². The van der Waals surface area contributed by atoms with E-state index in [1.807, 2.05) is 0 Å². The molecule has 0 aliphatic rings. The molecule has 0 aliphatic heterocycles. The number of rotatable bonds is 4. The third-order valence-corrected chi connectivity index (χ3v) is 4.27. The fourth-order valence-corrected chi connectivity index (χ4v) is 2.79. The summed E-state index contributed by atoms with van der Waals surface area (Å²) in [5.74, 6) is -0.0215. The molecule has 0 radical (unpaired) electrons. The van der Waals surface area contributed by atoms with Gasteiger partial charge in [0, 0.05) is 4.47 Å². The second-order valence-electron chi connectivity index (χ2n) is 3.41. The van der Waals surface area contributed by atoms with E-state index in [1.165, 1.54) is 0 Å². The monoisotopic (exact) mass is 292 g/mol. The molecule has 15 heavy (non-hydrogen) atoms. The Kier molecular flexibility index (Phi) is 4.31. The fourth-order valence-electron chi connectivity index (χ4n) is 1.09. The molecule has 0 aliphatic carbocycles. The minimum Gasteiger partial charge on any atom is -0.393 e. The van der Waals surface area contributed by atoms with Gasteiger partial charge < -0.3 is 5.11 Å². The molecular formula is C10H13BrO3S. The summed E-state index contributed by atoms with van der Waals surface area (Å²) in [5.41, 5.74) is 0. The van der Waals surface area contributed by atoms with E-state index in [-0.39, 0.29) is 12.2 Å². The van der Waals surface area contributed by atoms with Crippen molar-refractivity contribution in [1.82, 2.24) is 0 Å². The van der Waals surface area contributed by atoms with Gasteiger partial charge in [-0.3, -0.25) is 0 Å². The minimum atomic E-state index is -3.25. The van der Waals surface area contributed by atoms with Gasteiger partial charge in [-0.15, -0.1) is 0 Å². The maximum absolute atomic E-state index is 11.7. The van der Waals surface area contributed by atoms with Gasteiger partial charge in [-0.05, 0) is 37.6 Å². The van der Waals surface area contributed by atoms with E-state index in [0.29, 0.717) is 4.90 Å². The number of sulfone groups is 1. The van der Waals surface area contributed by atoms with Gasteiger partial charge >= 0.3 is 0 Å². The van der Waals surface area contributed by atoms with Crippen molar-refractivity contribution in [2.45, 2.75) is 24.3 Å². The van der Waals surface area contributed by atoms with Crippen LogP contribution in [0.15, 0.2) is 33.6 Å². The quantitative estimate of drug-likeness (QED) is 0.923. The first-order chi connectivity index (χ1) is 6.92. The molecule has 0 aromatic heterocycles. The Hall–Kier alpha value is -0.390. The number of halogens is 1. The van der Waals surface area contributed by atoms with Crippen LogP contribution < -0.4 is 0 Å². The van der Waals surface area contributed by atoms with E-state index in [2.05, 4.69) is 15.9 Å². The highest BCUT2D eigenvalue weighted by Gasteiger charge is 2.14. The summed E-state index contributed by atoms with van der Waals surface area (Å²) in [6.45, 7) is 1.58. The van der Waals surface area contributed by atoms with Crippen LogP contribution in [0.4, 0.5) is 0 Å². The first-order valence-electron chi connectivity index (χ1n) is 4.58. The average molecular weight is 293 g/mol. The fraction of sp³-hybridized carbons (Fsp3) is 0.400. The largest absolute Gasteiger partial charge is 0.393 e. The van der Waals surface area contributed by atoms with Gasteiger partial charge in [0.1, 0.15) is 0 Å². The summed E-state index contributed by atoms with van der Waals surface area (Å²) in [5, 5.41) is 9.03. The topological polar surface area (TPSA) is 54.4 Å². The highest BCUT2D eigenvalue weighted by atomic mass is 79.9. The lowest BCUT2D eigenvalue weighted by atomic mass is 10.3. The molecule has 0 fully saturated rings. The van der Waals surface area contributed by atoms with Crippen molar-refractivity contribution >= 4 is 25.8 Å². The lowest BCUT2D eigenvalue weighted by molar-refractivity contribution is 0.191. The molecule has 0 saturated carbocycles. The van der Waals surface area contributed by atoms with Crippen LogP contribution in [0.5, 0.6) is 0 Å². The molecule has 0 amide bonds. The van der Waals surface area contributed by atoms with Crippen molar-refractivity contribution in [3.05, 3.63) is 28.7 Å². The standard InChI is InChI=1S/C10H13BrO3S/c1-8(12)6-7-15(13,14)10-4-2-9(11)3-5-10/h2-5,8,12H,6-7H2,1H3. The third-order valence-electron chi connectivity index (χ3n) is 1.98. The highest BCUT2D eigenvalue weighted by molar-refractivity contribution is 9.10. The molecule has 0 heterocycles. The second-order valence-corrected chi connectivity index (χ2v) is 6.44. The Labute approximate surface area is 98.2 Å². The van der Waals surface area contributed by atoms with Crippen molar-refractivity contribution < 1.29 is 13.5 Å². The van der Waals surface area contributed by atoms with Crippen molar-refractivity contribution in [2.24, 2.45) is 0 Å². The van der Waals surface area contributed by atoms with Crippen molar-refractivity contribution in [3.63, 3.8) is 0 Å². The Morgan fingerprint density at radius 1 is 1.33 bits per heavy atom. The van der Waals surface area contributed by atoms with Gasteiger partial charge in [0.2, 0.25) is 0 Å². The lowest BCUT2D eigenvalue weighted by Gasteiger charge is -2.06. The SMILES string of the molecule is CC(O)CCS(=O)(=O)c1ccc(Br)cc1. The van der Waals surface area contributed by atoms with Gasteiger partial charge in [-0.25, -0.2) is 8.42 Å². The van der Waals surface area contributed by atoms with E-state index in [1.54, 1.807) is 31.2 Å². The van der Waals surface area contributed by atoms with Crippen LogP contribution in [-0.4, -0.2) is 25.4 Å². The van der Waals surface area contributed by atoms with Gasteiger partial charge in [0.25, 0.3) is 0 Å². The molecule has 0 spiro atoms. The molecule has 1 aromatic rings. The maximum Gasteiger partial charge on any atom is 0.178 e. The molecule has 84 valence electrons. The summed E-state index contributed by atoms with van der Waals surface area (Å²) >= 11 is 3.24. The van der Waals surface area contributed by atoms with E-state index >= 15 is 0 Å². The lowest BCUT2D eigenvalue weighted by Crippen LogP contribution is -2.12. The van der Waals surface area contributed by atoms with Gasteiger partial charge in [0.05, 0.1) is 16.8 Å². The van der Waals surface area contributed by atoms with Crippen molar-refractivity contribution in [1.29, 1.82) is 0 Å². The molecule has 1 aromatic carbocycles. The normalized spacial score (nSPS) is 13.8. The smallest absolute Gasteiger partial charge is 0.178 e. The van der Waals surface area contributed by atoms with Gasteiger partial charge in [0.15, 0.2) is 9.84 Å². The zero-order chi connectivity index (χ0) is 11.5. The van der Waals surface area contributed by atoms with E-state index in [9.17, 15) is 8.42 Å². The molecule has 3 nitrogen and oxygen atoms in total. The van der Waals surface area contributed by atoms with Crippen LogP contribution in [0.1, 0.15) is 13.3 Å². The number of hydrogen-bond acceptors (Lipinski definition) is 3. The van der Waals surface area contributed by atoms with Gasteiger partial charge in [-0.2, -0.15) is 0 Å². The number of aliphatic hydroxyl groups is 1. The number of benzene rings is 1. The Balaban J connectivity index is 2.82. The Morgan fingerprint density at radius 3 is 2.33 bits per heavy atom. The third kappa shape index (κ3) is 3.93. The zero-order valence-electron chi connectivity index (χ0n) is 8.35.